The second-order valence-electron chi connectivity index (χ2n) is 5.11. The van der Waals surface area contributed by atoms with E-state index in [1.807, 2.05) is 0 Å². The Hall–Kier alpha value is -0.235. The van der Waals surface area contributed by atoms with Gasteiger partial charge in [0.2, 0.25) is 0 Å². The van der Waals surface area contributed by atoms with Crippen molar-refractivity contribution in [3.63, 3.8) is 0 Å². The van der Waals surface area contributed by atoms with Crippen molar-refractivity contribution in [2.24, 2.45) is 11.3 Å². The van der Waals surface area contributed by atoms with Crippen molar-refractivity contribution in [3.05, 3.63) is 12.2 Å². The van der Waals surface area contributed by atoms with Gasteiger partial charge in [0.15, 0.2) is 0 Å². The van der Waals surface area contributed by atoms with E-state index in [4.69, 9.17) is 12.6 Å². The molecule has 2 unspecified atom stereocenters. The molecule has 1 saturated heterocycles. The molecule has 3 atom stereocenters. The Morgan fingerprint density at radius 3 is 2.64 bits per heavy atom. The Morgan fingerprint density at radius 1 is 1.57 bits per heavy atom. The topological polar surface area (TPSA) is 9.23 Å². The van der Waals surface area contributed by atoms with Crippen LogP contribution in [0.1, 0.15) is 40.5 Å². The summed E-state index contributed by atoms with van der Waals surface area (Å²) in [4.78, 5) is 0. The van der Waals surface area contributed by atoms with Gasteiger partial charge in [0.25, 0.3) is 0 Å². The zero-order chi connectivity index (χ0) is 10.9. The van der Waals surface area contributed by atoms with Crippen LogP contribution in [-0.4, -0.2) is 20.0 Å². The van der Waals surface area contributed by atoms with Crippen LogP contribution in [0.3, 0.4) is 0 Å². The van der Waals surface area contributed by atoms with Gasteiger partial charge in [0.1, 0.15) is 7.85 Å². The first-order valence-electron chi connectivity index (χ1n) is 5.48. The summed E-state index contributed by atoms with van der Waals surface area (Å²) in [6.45, 7) is 12.9. The summed E-state index contributed by atoms with van der Waals surface area (Å²) < 4.78 is 5.80. The van der Waals surface area contributed by atoms with Gasteiger partial charge in [-0.15, -0.1) is 0 Å². The van der Waals surface area contributed by atoms with Gasteiger partial charge in [-0.2, -0.15) is 0 Å². The Labute approximate surface area is 89.3 Å². The zero-order valence-electron chi connectivity index (χ0n) is 9.84. The van der Waals surface area contributed by atoms with Crippen LogP contribution < -0.4 is 0 Å². The van der Waals surface area contributed by atoms with E-state index in [2.05, 4.69) is 34.3 Å². The molecule has 1 rings (SSSR count). The molecule has 0 amide bonds. The highest BCUT2D eigenvalue weighted by molar-refractivity contribution is 6.11. The molecule has 1 nitrogen and oxygen atoms in total. The normalized spacial score (nSPS) is 34.6. The maximum Gasteiger partial charge on any atom is 0.109 e. The highest BCUT2D eigenvalue weighted by Crippen LogP contribution is 2.39. The monoisotopic (exact) mass is 192 g/mol. The highest BCUT2D eigenvalue weighted by atomic mass is 16.5. The quantitative estimate of drug-likeness (QED) is 0.482. The van der Waals surface area contributed by atoms with E-state index in [-0.39, 0.29) is 17.5 Å². The fourth-order valence-electron chi connectivity index (χ4n) is 1.95. The average molecular weight is 192 g/mol. The summed E-state index contributed by atoms with van der Waals surface area (Å²) in [5.74, 6) is 0.481. The summed E-state index contributed by atoms with van der Waals surface area (Å²) in [7, 11) is 5.87. The molecule has 1 heterocycles. The number of hydrogen-bond acceptors (Lipinski definition) is 1. The van der Waals surface area contributed by atoms with Crippen LogP contribution in [0.15, 0.2) is 12.2 Å². The van der Waals surface area contributed by atoms with Gasteiger partial charge in [-0.1, -0.05) is 34.3 Å². The molecular weight excluding hydrogens is 171 g/mol. The van der Waals surface area contributed by atoms with Crippen molar-refractivity contribution in [1.82, 2.24) is 0 Å². The van der Waals surface area contributed by atoms with Crippen molar-refractivity contribution in [1.29, 1.82) is 0 Å². The third-order valence-electron chi connectivity index (χ3n) is 3.49. The standard InChI is InChI=1S/C12H21BO/c1-6-12(4,5)11-9(3)8(2)7-10(13)14-11/h8,10-11H,3,6-7H2,1-2,4-5H3/t8?,10-,11?/m1/s1. The maximum atomic E-state index is 5.87. The van der Waals surface area contributed by atoms with Crippen LogP contribution in [0.4, 0.5) is 0 Å². The molecule has 78 valence electrons. The summed E-state index contributed by atoms with van der Waals surface area (Å²) >= 11 is 0. The molecule has 2 radical (unpaired) electrons. The van der Waals surface area contributed by atoms with Gasteiger partial charge in [-0.3, -0.25) is 0 Å². The van der Waals surface area contributed by atoms with Gasteiger partial charge in [-0.25, -0.2) is 0 Å². The molecule has 0 spiro atoms. The van der Waals surface area contributed by atoms with E-state index >= 15 is 0 Å². The first-order valence-corrected chi connectivity index (χ1v) is 5.48. The predicted molar refractivity (Wildman–Crippen MR) is 61.4 cm³/mol. The Kier molecular flexibility index (Phi) is 3.46. The van der Waals surface area contributed by atoms with Crippen LogP contribution in [0.2, 0.25) is 0 Å². The minimum atomic E-state index is -0.119. The van der Waals surface area contributed by atoms with E-state index < -0.39 is 0 Å². The Bertz CT molecular complexity index is 222. The first-order chi connectivity index (χ1) is 6.38. The van der Waals surface area contributed by atoms with Crippen LogP contribution in [0.25, 0.3) is 0 Å². The molecule has 0 bridgehead atoms. The lowest BCUT2D eigenvalue weighted by atomic mass is 9.72. The van der Waals surface area contributed by atoms with E-state index in [9.17, 15) is 0 Å². The molecule has 0 aliphatic carbocycles. The number of hydrogen-bond donors (Lipinski definition) is 0. The van der Waals surface area contributed by atoms with Crippen LogP contribution in [0, 0.1) is 11.3 Å². The zero-order valence-corrected chi connectivity index (χ0v) is 9.84. The average Bonchev–Trinajstić information content (AvgIpc) is 2.11. The molecule has 14 heavy (non-hydrogen) atoms. The van der Waals surface area contributed by atoms with Crippen LogP contribution >= 0.6 is 0 Å². The van der Waals surface area contributed by atoms with Crippen LogP contribution in [0.5, 0.6) is 0 Å². The summed E-state index contributed by atoms with van der Waals surface area (Å²) in [6, 6.07) is -0.119. The van der Waals surface area contributed by atoms with E-state index in [0.29, 0.717) is 5.92 Å². The van der Waals surface area contributed by atoms with Crippen molar-refractivity contribution in [3.8, 4) is 0 Å². The summed E-state index contributed by atoms with van der Waals surface area (Å²) in [6.07, 6.45) is 2.09. The largest absolute Gasteiger partial charge is 0.380 e. The minimum Gasteiger partial charge on any atom is -0.380 e. The van der Waals surface area contributed by atoms with Crippen molar-refractivity contribution in [2.75, 3.05) is 0 Å². The van der Waals surface area contributed by atoms with Crippen molar-refractivity contribution in [2.45, 2.75) is 52.6 Å². The number of ether oxygens (including phenoxy) is 1. The minimum absolute atomic E-state index is 0.117. The fourth-order valence-corrected chi connectivity index (χ4v) is 1.95. The summed E-state index contributed by atoms with van der Waals surface area (Å²) in [5, 5.41) is 0. The fraction of sp³-hybridized carbons (Fsp3) is 0.833. The second kappa shape index (κ2) is 4.10. The lowest BCUT2D eigenvalue weighted by Gasteiger charge is -2.43. The number of rotatable bonds is 2. The predicted octanol–water partition coefficient (Wildman–Crippen LogP) is 2.90. The van der Waals surface area contributed by atoms with Gasteiger partial charge in [-0.05, 0) is 29.7 Å². The molecule has 0 aromatic heterocycles. The SMILES string of the molecule is [B][C@H]1CC(C)C(=C)C(C(C)(C)CC)O1. The lowest BCUT2D eigenvalue weighted by Crippen LogP contribution is -2.42. The molecule has 0 aromatic rings. The third-order valence-corrected chi connectivity index (χ3v) is 3.49. The van der Waals surface area contributed by atoms with Crippen molar-refractivity contribution >= 4 is 7.85 Å². The first kappa shape index (κ1) is 11.8. The van der Waals surface area contributed by atoms with Crippen LogP contribution in [-0.2, 0) is 4.74 Å². The van der Waals surface area contributed by atoms with Gasteiger partial charge in [0, 0.05) is 6.00 Å². The molecule has 1 fully saturated rings. The van der Waals surface area contributed by atoms with E-state index in [1.165, 1.54) is 5.57 Å². The lowest BCUT2D eigenvalue weighted by molar-refractivity contribution is -0.0518. The highest BCUT2D eigenvalue weighted by Gasteiger charge is 2.37. The van der Waals surface area contributed by atoms with Gasteiger partial charge >= 0.3 is 0 Å². The van der Waals surface area contributed by atoms with E-state index in [1.54, 1.807) is 0 Å². The smallest absolute Gasteiger partial charge is 0.109 e. The Balaban J connectivity index is 2.81. The second-order valence-corrected chi connectivity index (χ2v) is 5.11. The van der Waals surface area contributed by atoms with Gasteiger partial charge < -0.3 is 4.74 Å². The molecule has 1 aliphatic rings. The van der Waals surface area contributed by atoms with E-state index in [0.717, 1.165) is 12.8 Å². The Morgan fingerprint density at radius 2 is 2.14 bits per heavy atom. The third kappa shape index (κ3) is 2.22. The molecular formula is C12H21BO. The molecule has 0 aromatic carbocycles. The molecule has 0 N–H and O–H groups in total. The summed E-state index contributed by atoms with van der Waals surface area (Å²) in [5.41, 5.74) is 1.35. The molecule has 2 heteroatoms. The van der Waals surface area contributed by atoms with Gasteiger partial charge in [0.05, 0.1) is 6.10 Å². The maximum absolute atomic E-state index is 5.87. The molecule has 1 aliphatic heterocycles. The van der Waals surface area contributed by atoms with Crippen molar-refractivity contribution < 1.29 is 4.74 Å². The molecule has 0 saturated carbocycles.